The van der Waals surface area contributed by atoms with Gasteiger partial charge in [0.1, 0.15) is 4.90 Å². The summed E-state index contributed by atoms with van der Waals surface area (Å²) in [7, 11) is -3.97. The van der Waals surface area contributed by atoms with Crippen molar-refractivity contribution < 1.29 is 48.4 Å². The largest absolute Gasteiger partial charge is 1.00 e. The van der Waals surface area contributed by atoms with Crippen molar-refractivity contribution >= 4 is 22.2 Å². The molecule has 1 aromatic carbocycles. The number of rotatable bonds is 3. The summed E-state index contributed by atoms with van der Waals surface area (Å²) < 4.78 is 27.0. The van der Waals surface area contributed by atoms with Crippen LogP contribution in [-0.2, 0) is 19.1 Å². The van der Waals surface area contributed by atoms with E-state index >= 15 is 0 Å². The molecule has 16 heavy (non-hydrogen) atoms. The van der Waals surface area contributed by atoms with Crippen LogP contribution in [0.4, 0.5) is 0 Å². The van der Waals surface area contributed by atoms with Gasteiger partial charge < -0.3 is 5.61 Å². The van der Waals surface area contributed by atoms with Gasteiger partial charge in [0.05, 0.1) is 0 Å². The van der Waals surface area contributed by atoms with Gasteiger partial charge in [-0.2, -0.15) is 8.42 Å². The molecule has 0 bridgehead atoms. The Hall–Kier alpha value is -0.620. The number of benzene rings is 1. The van der Waals surface area contributed by atoms with Crippen molar-refractivity contribution in [3.63, 3.8) is 0 Å². The molecule has 0 aliphatic rings. The van der Waals surface area contributed by atoms with E-state index in [1.54, 1.807) is 18.2 Å². The van der Waals surface area contributed by atoms with E-state index in [4.69, 9.17) is 0 Å². The summed E-state index contributed by atoms with van der Waals surface area (Å²) in [6.45, 7) is 4.57. The molecule has 82 valence electrons. The Morgan fingerprint density at radius 3 is 2.25 bits per heavy atom. The van der Waals surface area contributed by atoms with Crippen LogP contribution in [0.5, 0.6) is 0 Å². The summed E-state index contributed by atoms with van der Waals surface area (Å²) >= 11 is 0. The molecule has 0 radical (unpaired) electrons. The third kappa shape index (κ3) is 4.09. The van der Waals surface area contributed by atoms with Crippen molar-refractivity contribution in [1.29, 1.82) is 0 Å². The van der Waals surface area contributed by atoms with Gasteiger partial charge in [-0.25, -0.2) is 0 Å². The Bertz CT molecular complexity index is 482. The summed E-state index contributed by atoms with van der Waals surface area (Å²) in [4.78, 5) is 10.5. The first-order chi connectivity index (χ1) is 6.95. The van der Waals surface area contributed by atoms with Crippen LogP contribution in [0.15, 0.2) is 35.7 Å². The second-order valence-electron chi connectivity index (χ2n) is 2.80. The molecule has 0 amide bonds. The SMILES string of the molecule is C=Cc1ccc(S(=O)(=O)OC(C)=O)cc1.[H-].[Na+]. The predicted octanol–water partition coefficient (Wildman–Crippen LogP) is -1.30. The molecule has 0 heterocycles. The molecule has 0 spiro atoms. The van der Waals surface area contributed by atoms with Crippen LogP contribution in [0.25, 0.3) is 6.08 Å². The third-order valence-corrected chi connectivity index (χ3v) is 2.94. The molecule has 0 unspecified atom stereocenters. The zero-order chi connectivity index (χ0) is 11.5. The average Bonchev–Trinajstić information content (AvgIpc) is 2.16. The van der Waals surface area contributed by atoms with Crippen LogP contribution < -0.4 is 29.6 Å². The van der Waals surface area contributed by atoms with Gasteiger partial charge in [-0.3, -0.25) is 4.79 Å². The van der Waals surface area contributed by atoms with E-state index in [2.05, 4.69) is 10.8 Å². The van der Waals surface area contributed by atoms with Gasteiger partial charge in [-0.05, 0) is 17.7 Å². The Labute approximate surface area is 118 Å². The molecule has 6 heteroatoms. The average molecular weight is 250 g/mol. The first kappa shape index (κ1) is 15.4. The molecule has 0 saturated heterocycles. The molecule has 0 aromatic heterocycles. The fourth-order valence-electron chi connectivity index (χ4n) is 0.973. The van der Waals surface area contributed by atoms with E-state index in [-0.39, 0.29) is 35.9 Å². The second kappa shape index (κ2) is 6.20. The van der Waals surface area contributed by atoms with Gasteiger partial charge in [-0.15, -0.1) is 0 Å². The van der Waals surface area contributed by atoms with Crippen molar-refractivity contribution in [1.82, 2.24) is 0 Å². The fraction of sp³-hybridized carbons (Fsp3) is 0.100. The maximum absolute atomic E-state index is 11.4. The van der Waals surface area contributed by atoms with Crippen molar-refractivity contribution in [3.8, 4) is 0 Å². The molecular weight excluding hydrogens is 239 g/mol. The van der Waals surface area contributed by atoms with Crippen molar-refractivity contribution in [2.45, 2.75) is 11.8 Å². The maximum Gasteiger partial charge on any atom is 1.00 e. The van der Waals surface area contributed by atoms with Crippen LogP contribution in [0.3, 0.4) is 0 Å². The summed E-state index contributed by atoms with van der Waals surface area (Å²) in [6, 6.07) is 5.86. The summed E-state index contributed by atoms with van der Waals surface area (Å²) in [5.74, 6) is -0.859. The standard InChI is InChI=1S/C10H10O4S.Na.H/c1-3-9-4-6-10(7-5-9)15(12,13)14-8(2)11;;/h3-7H,1H2,2H3;;/q;+1;-1. The molecule has 0 aliphatic heterocycles. The summed E-state index contributed by atoms with van der Waals surface area (Å²) in [5, 5.41) is 0. The zero-order valence-corrected chi connectivity index (χ0v) is 12.0. The van der Waals surface area contributed by atoms with E-state index < -0.39 is 16.1 Å². The Balaban J connectivity index is 0. The Morgan fingerprint density at radius 2 is 1.88 bits per heavy atom. The normalized spacial score (nSPS) is 10.1. The minimum absolute atomic E-state index is 0. The summed E-state index contributed by atoms with van der Waals surface area (Å²) in [5.41, 5.74) is 0.789. The second-order valence-corrected chi connectivity index (χ2v) is 4.35. The van der Waals surface area contributed by atoms with Gasteiger partial charge in [0.2, 0.25) is 0 Å². The van der Waals surface area contributed by atoms with Crippen LogP contribution in [-0.4, -0.2) is 14.4 Å². The number of hydrogen-bond acceptors (Lipinski definition) is 4. The monoisotopic (exact) mass is 250 g/mol. The first-order valence-corrected chi connectivity index (χ1v) is 5.54. The van der Waals surface area contributed by atoms with Crippen molar-refractivity contribution in [2.75, 3.05) is 0 Å². The fourth-order valence-corrected chi connectivity index (χ4v) is 1.85. The number of hydrogen-bond donors (Lipinski definition) is 0. The van der Waals surface area contributed by atoms with E-state index in [0.29, 0.717) is 0 Å². The molecule has 0 N–H and O–H groups in total. The molecule has 0 fully saturated rings. The molecule has 1 aromatic rings. The molecule has 0 saturated carbocycles. The zero-order valence-electron chi connectivity index (χ0n) is 10.1. The minimum atomic E-state index is -3.97. The van der Waals surface area contributed by atoms with Gasteiger partial charge in [0.25, 0.3) is 0 Å². The minimum Gasteiger partial charge on any atom is -1.00 e. The Morgan fingerprint density at radius 1 is 1.38 bits per heavy atom. The van der Waals surface area contributed by atoms with Crippen molar-refractivity contribution in [3.05, 3.63) is 36.4 Å². The van der Waals surface area contributed by atoms with Crippen LogP contribution in [0, 0.1) is 0 Å². The van der Waals surface area contributed by atoms with Crippen LogP contribution in [0.2, 0.25) is 0 Å². The van der Waals surface area contributed by atoms with Gasteiger partial charge >= 0.3 is 45.6 Å². The van der Waals surface area contributed by atoms with E-state index in [1.165, 1.54) is 12.1 Å². The van der Waals surface area contributed by atoms with Gasteiger partial charge in [-0.1, -0.05) is 24.8 Å². The van der Waals surface area contributed by atoms with Gasteiger partial charge in [0.15, 0.2) is 0 Å². The van der Waals surface area contributed by atoms with Crippen molar-refractivity contribution in [2.24, 2.45) is 0 Å². The third-order valence-electron chi connectivity index (χ3n) is 1.63. The quantitative estimate of drug-likeness (QED) is 0.494. The smallest absolute Gasteiger partial charge is 1.00 e. The Kier molecular flexibility index (Phi) is 5.96. The maximum atomic E-state index is 11.4. The van der Waals surface area contributed by atoms with Gasteiger partial charge in [0, 0.05) is 6.92 Å². The first-order valence-electron chi connectivity index (χ1n) is 4.13. The van der Waals surface area contributed by atoms with Crippen LogP contribution >= 0.6 is 0 Å². The summed E-state index contributed by atoms with van der Waals surface area (Å²) in [6.07, 6.45) is 1.59. The molecule has 4 nitrogen and oxygen atoms in total. The predicted molar refractivity (Wildman–Crippen MR) is 56.6 cm³/mol. The molecular formula is C10H11NaO4S. The topological polar surface area (TPSA) is 60.4 Å². The number of carbonyl (C=O) groups is 1. The molecule has 0 aliphatic carbocycles. The molecule has 1 rings (SSSR count). The van der Waals surface area contributed by atoms with E-state index in [9.17, 15) is 13.2 Å². The van der Waals surface area contributed by atoms with E-state index in [0.717, 1.165) is 12.5 Å². The van der Waals surface area contributed by atoms with Crippen LogP contribution in [0.1, 0.15) is 13.9 Å². The molecule has 0 atom stereocenters. The van der Waals surface area contributed by atoms with E-state index in [1.807, 2.05) is 0 Å². The number of carbonyl (C=O) groups excluding carboxylic acids is 1.